The lowest BCUT2D eigenvalue weighted by Crippen LogP contribution is -2.30. The Kier molecular flexibility index (Phi) is 4.86. The lowest BCUT2D eigenvalue weighted by atomic mass is 10.2. The Morgan fingerprint density at radius 1 is 1.21 bits per heavy atom. The average molecular weight is 377 g/mol. The highest BCUT2D eigenvalue weighted by Gasteiger charge is 2.25. The molecular weight excluding hydrogens is 358 g/mol. The van der Waals surface area contributed by atoms with Crippen LogP contribution in [0.2, 0.25) is 0 Å². The van der Waals surface area contributed by atoms with Gasteiger partial charge in [0.15, 0.2) is 0 Å². The summed E-state index contributed by atoms with van der Waals surface area (Å²) in [5.41, 5.74) is 3.59. The highest BCUT2D eigenvalue weighted by atomic mass is 16.5. The fraction of sp³-hybridized carbons (Fsp3) is 0.200. The number of nitrogens with zero attached hydrogens (tertiary/aromatic N) is 3. The molecule has 4 rings (SSSR count). The largest absolute Gasteiger partial charge is 0.474 e. The van der Waals surface area contributed by atoms with Crippen LogP contribution < -0.4 is 21.6 Å². The summed E-state index contributed by atoms with van der Waals surface area (Å²) in [6, 6.07) is 14.1. The lowest BCUT2D eigenvalue weighted by molar-refractivity contribution is 0.0953. The minimum atomic E-state index is -0.426. The number of carbonyl (C=O) groups is 1. The maximum atomic E-state index is 12.8. The number of nitrogens with two attached hydrogens (primary N) is 1. The van der Waals surface area contributed by atoms with Gasteiger partial charge in [-0.2, -0.15) is 4.98 Å². The van der Waals surface area contributed by atoms with Crippen molar-refractivity contribution in [3.05, 3.63) is 76.3 Å². The smallest absolute Gasteiger partial charge is 0.266 e. The van der Waals surface area contributed by atoms with E-state index in [2.05, 4.69) is 15.4 Å². The van der Waals surface area contributed by atoms with E-state index >= 15 is 0 Å². The maximum absolute atomic E-state index is 12.8. The number of pyridine rings is 1. The Bertz CT molecular complexity index is 1040. The zero-order chi connectivity index (χ0) is 19.5. The number of rotatable bonds is 6. The van der Waals surface area contributed by atoms with Gasteiger partial charge in [0.1, 0.15) is 11.9 Å². The summed E-state index contributed by atoms with van der Waals surface area (Å²) in [6.45, 7) is 0.213. The van der Waals surface area contributed by atoms with E-state index in [0.717, 1.165) is 18.4 Å². The molecule has 0 unspecified atom stereocenters. The topological polar surface area (TPSA) is 112 Å². The van der Waals surface area contributed by atoms with Gasteiger partial charge in [0, 0.05) is 11.8 Å². The van der Waals surface area contributed by atoms with Crippen molar-refractivity contribution in [3.63, 3.8) is 0 Å². The molecule has 0 radical (unpaired) electrons. The number of benzene rings is 1. The Morgan fingerprint density at radius 2 is 2.00 bits per heavy atom. The van der Waals surface area contributed by atoms with Gasteiger partial charge in [0.2, 0.25) is 5.88 Å². The molecule has 28 heavy (non-hydrogen) atoms. The zero-order valence-electron chi connectivity index (χ0n) is 15.0. The third-order valence-electron chi connectivity index (χ3n) is 4.37. The lowest BCUT2D eigenvalue weighted by Gasteiger charge is -2.14. The first-order valence-corrected chi connectivity index (χ1v) is 8.94. The number of carbonyl (C=O) groups excluding carboxylic acids is 1. The predicted molar refractivity (Wildman–Crippen MR) is 103 cm³/mol. The van der Waals surface area contributed by atoms with Crippen LogP contribution in [0.1, 0.15) is 28.9 Å². The number of nitrogens with one attached hydrogen (secondary N) is 1. The molecule has 2 aromatic heterocycles. The molecule has 0 saturated heterocycles. The Labute approximate surface area is 161 Å². The molecule has 3 aromatic rings. The molecule has 1 aromatic carbocycles. The van der Waals surface area contributed by atoms with Gasteiger partial charge in [-0.25, -0.2) is 5.84 Å². The number of hydrazine groups is 1. The van der Waals surface area contributed by atoms with E-state index in [1.807, 2.05) is 30.3 Å². The van der Waals surface area contributed by atoms with Crippen molar-refractivity contribution in [2.45, 2.75) is 25.5 Å². The number of hydrogen-bond acceptors (Lipinski definition) is 6. The van der Waals surface area contributed by atoms with E-state index in [4.69, 9.17) is 10.6 Å². The van der Waals surface area contributed by atoms with E-state index < -0.39 is 5.91 Å². The highest BCUT2D eigenvalue weighted by molar-refractivity contribution is 5.93. The van der Waals surface area contributed by atoms with Crippen molar-refractivity contribution in [3.8, 4) is 17.3 Å². The highest BCUT2D eigenvalue weighted by Crippen LogP contribution is 2.26. The quantitative estimate of drug-likeness (QED) is 0.382. The van der Waals surface area contributed by atoms with Gasteiger partial charge in [0.25, 0.3) is 11.5 Å². The minimum Gasteiger partial charge on any atom is -0.474 e. The van der Waals surface area contributed by atoms with Crippen LogP contribution in [-0.2, 0) is 6.54 Å². The third-order valence-corrected chi connectivity index (χ3v) is 4.37. The zero-order valence-corrected chi connectivity index (χ0v) is 15.0. The Morgan fingerprint density at radius 3 is 2.64 bits per heavy atom. The fourth-order valence-corrected chi connectivity index (χ4v) is 2.76. The standard InChI is InChI=1S/C20H19N5O3/c21-24-20(27)14-6-7-15(22-11-14)12-25-18(26)10-17(28-16-8-9-16)23-19(25)13-4-2-1-3-5-13/h1-7,10-11,16H,8-9,12,21H2,(H,24,27). The second-order valence-electron chi connectivity index (χ2n) is 6.54. The van der Waals surface area contributed by atoms with E-state index in [1.54, 1.807) is 16.7 Å². The number of amides is 1. The van der Waals surface area contributed by atoms with Crippen LogP contribution in [0.5, 0.6) is 5.88 Å². The molecule has 1 aliphatic carbocycles. The first kappa shape index (κ1) is 17.9. The molecule has 1 saturated carbocycles. The van der Waals surface area contributed by atoms with E-state index in [0.29, 0.717) is 23.0 Å². The number of ether oxygens (including phenoxy) is 1. The molecule has 8 nitrogen and oxygen atoms in total. The van der Waals surface area contributed by atoms with Gasteiger partial charge < -0.3 is 4.74 Å². The van der Waals surface area contributed by atoms with Crippen LogP contribution >= 0.6 is 0 Å². The summed E-state index contributed by atoms with van der Waals surface area (Å²) in [5, 5.41) is 0. The van der Waals surface area contributed by atoms with Crippen molar-refractivity contribution < 1.29 is 9.53 Å². The minimum absolute atomic E-state index is 0.147. The molecule has 0 spiro atoms. The van der Waals surface area contributed by atoms with Crippen molar-refractivity contribution in [2.75, 3.05) is 0 Å². The van der Waals surface area contributed by atoms with Crippen LogP contribution in [0, 0.1) is 0 Å². The first-order valence-electron chi connectivity index (χ1n) is 8.94. The van der Waals surface area contributed by atoms with Crippen molar-refractivity contribution in [1.82, 2.24) is 20.0 Å². The number of hydrogen-bond donors (Lipinski definition) is 2. The molecule has 0 aliphatic heterocycles. The molecule has 1 aliphatic rings. The Hall–Kier alpha value is -3.52. The molecule has 0 atom stereocenters. The maximum Gasteiger partial charge on any atom is 0.266 e. The molecule has 8 heteroatoms. The van der Waals surface area contributed by atoms with Gasteiger partial charge in [-0.15, -0.1) is 0 Å². The average Bonchev–Trinajstić information content (AvgIpc) is 3.54. The van der Waals surface area contributed by atoms with Crippen LogP contribution in [-0.4, -0.2) is 26.5 Å². The summed E-state index contributed by atoms with van der Waals surface area (Å²) in [5.74, 6) is 5.55. The summed E-state index contributed by atoms with van der Waals surface area (Å²) >= 11 is 0. The fourth-order valence-electron chi connectivity index (χ4n) is 2.76. The monoisotopic (exact) mass is 377 g/mol. The SMILES string of the molecule is NNC(=O)c1ccc(Cn2c(-c3ccccc3)nc(OC3CC3)cc2=O)nc1. The second-order valence-corrected chi connectivity index (χ2v) is 6.54. The summed E-state index contributed by atoms with van der Waals surface area (Å²) in [6.07, 6.45) is 3.54. The van der Waals surface area contributed by atoms with Gasteiger partial charge in [0.05, 0.1) is 23.9 Å². The van der Waals surface area contributed by atoms with Gasteiger partial charge in [-0.3, -0.25) is 24.6 Å². The molecule has 1 amide bonds. The van der Waals surface area contributed by atoms with E-state index in [1.165, 1.54) is 12.3 Å². The number of aromatic nitrogens is 3. The molecule has 3 N–H and O–H groups in total. The summed E-state index contributed by atoms with van der Waals surface area (Å²) in [4.78, 5) is 33.2. The number of nitrogen functional groups attached to an aromatic ring is 1. The van der Waals surface area contributed by atoms with Crippen molar-refractivity contribution >= 4 is 5.91 Å². The van der Waals surface area contributed by atoms with Crippen LogP contribution in [0.15, 0.2) is 59.5 Å². The molecule has 142 valence electrons. The van der Waals surface area contributed by atoms with Gasteiger partial charge in [-0.1, -0.05) is 30.3 Å². The van der Waals surface area contributed by atoms with Gasteiger partial charge >= 0.3 is 0 Å². The predicted octanol–water partition coefficient (Wildman–Crippen LogP) is 1.50. The molecule has 0 bridgehead atoms. The van der Waals surface area contributed by atoms with E-state index in [9.17, 15) is 9.59 Å². The third kappa shape index (κ3) is 3.91. The summed E-state index contributed by atoms with van der Waals surface area (Å²) in [7, 11) is 0. The van der Waals surface area contributed by atoms with Crippen molar-refractivity contribution in [1.29, 1.82) is 0 Å². The molecule has 2 heterocycles. The summed E-state index contributed by atoms with van der Waals surface area (Å²) < 4.78 is 7.27. The normalized spacial score (nSPS) is 13.2. The van der Waals surface area contributed by atoms with Crippen LogP contribution in [0.25, 0.3) is 11.4 Å². The Balaban J connectivity index is 1.70. The first-order chi connectivity index (χ1) is 13.6. The van der Waals surface area contributed by atoms with Crippen LogP contribution in [0.4, 0.5) is 0 Å². The van der Waals surface area contributed by atoms with Crippen molar-refractivity contribution in [2.24, 2.45) is 5.84 Å². The van der Waals surface area contributed by atoms with Crippen LogP contribution in [0.3, 0.4) is 0 Å². The van der Waals surface area contributed by atoms with Gasteiger partial charge in [-0.05, 0) is 25.0 Å². The molecule has 1 fully saturated rings. The second kappa shape index (κ2) is 7.61. The van der Waals surface area contributed by atoms with E-state index in [-0.39, 0.29) is 18.2 Å². The molecular formula is C20H19N5O3.